The van der Waals surface area contributed by atoms with Gasteiger partial charge in [0.1, 0.15) is 4.88 Å². The van der Waals surface area contributed by atoms with E-state index >= 15 is 0 Å². The number of hydrogen-bond donors (Lipinski definition) is 1. The topological polar surface area (TPSA) is 79.2 Å². The third-order valence-electron chi connectivity index (χ3n) is 4.07. The first-order valence-corrected chi connectivity index (χ1v) is 9.52. The number of nitriles is 1. The average Bonchev–Trinajstić information content (AvgIpc) is 3.18. The van der Waals surface area contributed by atoms with Crippen molar-refractivity contribution in [2.24, 2.45) is 0 Å². The zero-order chi connectivity index (χ0) is 19.9. The van der Waals surface area contributed by atoms with Crippen LogP contribution in [0.4, 0.5) is 5.69 Å². The van der Waals surface area contributed by atoms with Crippen LogP contribution in [-0.4, -0.2) is 18.5 Å². The molecule has 0 bridgehead atoms. The van der Waals surface area contributed by atoms with E-state index in [9.17, 15) is 9.59 Å². The van der Waals surface area contributed by atoms with Crippen LogP contribution in [0.3, 0.4) is 0 Å². The Hall–Kier alpha value is -3.43. The molecule has 0 saturated heterocycles. The molecule has 0 spiro atoms. The molecule has 0 fully saturated rings. The predicted octanol–water partition coefficient (Wildman–Crippen LogP) is 4.59. The summed E-state index contributed by atoms with van der Waals surface area (Å²) in [5.74, 6) is -0.945. The molecule has 1 amide bonds. The number of esters is 1. The molecule has 0 unspecified atom stereocenters. The molecule has 6 heteroatoms. The lowest BCUT2D eigenvalue weighted by Gasteiger charge is -2.08. The Kier molecular flexibility index (Phi) is 6.20. The maximum atomic E-state index is 12.4. The third-order valence-corrected chi connectivity index (χ3v) is 4.96. The van der Waals surface area contributed by atoms with Gasteiger partial charge >= 0.3 is 5.97 Å². The van der Waals surface area contributed by atoms with Crippen molar-refractivity contribution in [1.82, 2.24) is 0 Å². The van der Waals surface area contributed by atoms with Gasteiger partial charge < -0.3 is 10.1 Å². The molecule has 2 aromatic carbocycles. The van der Waals surface area contributed by atoms with Crippen LogP contribution in [0.5, 0.6) is 0 Å². The summed E-state index contributed by atoms with van der Waals surface area (Å²) >= 11 is 1.29. The summed E-state index contributed by atoms with van der Waals surface area (Å²) in [5.41, 5.74) is 4.32. The summed E-state index contributed by atoms with van der Waals surface area (Å²) in [7, 11) is 0. The fourth-order valence-electron chi connectivity index (χ4n) is 2.62. The summed E-state index contributed by atoms with van der Waals surface area (Å²) < 4.78 is 5.18. The summed E-state index contributed by atoms with van der Waals surface area (Å²) in [6.45, 7) is 1.63. The number of ether oxygens (including phenoxy) is 1. The smallest absolute Gasteiger partial charge is 0.349 e. The zero-order valence-electron chi connectivity index (χ0n) is 15.3. The minimum Gasteiger partial charge on any atom is -0.451 e. The van der Waals surface area contributed by atoms with Crippen LogP contribution in [0.25, 0.3) is 11.1 Å². The summed E-state index contributed by atoms with van der Waals surface area (Å²) in [4.78, 5) is 24.9. The monoisotopic (exact) mass is 390 g/mol. The standard InChI is InChI=1S/C22H18N2O3S/c1-15-2-6-17(7-3-15)19-11-13-28-21(19)22(26)27-14-20(25)24-18-8-4-16(5-9-18)10-12-23/h2-9,11,13H,10,14H2,1H3,(H,24,25). The van der Waals surface area contributed by atoms with E-state index in [1.165, 1.54) is 11.3 Å². The Balaban J connectivity index is 1.58. The Morgan fingerprint density at radius 1 is 1.07 bits per heavy atom. The van der Waals surface area contributed by atoms with Crippen molar-refractivity contribution in [3.8, 4) is 17.2 Å². The lowest BCUT2D eigenvalue weighted by molar-refractivity contribution is -0.119. The van der Waals surface area contributed by atoms with E-state index < -0.39 is 11.9 Å². The molecule has 5 nitrogen and oxygen atoms in total. The quantitative estimate of drug-likeness (QED) is 0.625. The molecule has 28 heavy (non-hydrogen) atoms. The fourth-order valence-corrected chi connectivity index (χ4v) is 3.43. The maximum Gasteiger partial charge on any atom is 0.349 e. The minimum absolute atomic E-state index is 0.315. The van der Waals surface area contributed by atoms with Crippen LogP contribution in [0.2, 0.25) is 0 Å². The van der Waals surface area contributed by atoms with Gasteiger partial charge in [-0.25, -0.2) is 4.79 Å². The number of carbonyl (C=O) groups excluding carboxylic acids is 2. The van der Waals surface area contributed by atoms with E-state index in [2.05, 4.69) is 11.4 Å². The molecular formula is C22H18N2O3S. The third kappa shape index (κ3) is 4.84. The Bertz CT molecular complexity index is 1020. The Labute approximate surface area is 167 Å². The van der Waals surface area contributed by atoms with E-state index in [0.717, 1.165) is 22.3 Å². The number of amides is 1. The van der Waals surface area contributed by atoms with Crippen molar-refractivity contribution in [2.75, 3.05) is 11.9 Å². The number of rotatable bonds is 6. The van der Waals surface area contributed by atoms with Crippen molar-refractivity contribution >= 4 is 28.9 Å². The van der Waals surface area contributed by atoms with Gasteiger partial charge in [-0.05, 0) is 41.6 Å². The normalized spacial score (nSPS) is 10.1. The highest BCUT2D eigenvalue weighted by molar-refractivity contribution is 7.12. The Morgan fingerprint density at radius 3 is 2.46 bits per heavy atom. The molecule has 0 aliphatic heterocycles. The van der Waals surface area contributed by atoms with Gasteiger partial charge in [-0.15, -0.1) is 11.3 Å². The van der Waals surface area contributed by atoms with Crippen LogP contribution >= 0.6 is 11.3 Å². The highest BCUT2D eigenvalue weighted by Gasteiger charge is 2.17. The highest BCUT2D eigenvalue weighted by Crippen LogP contribution is 2.29. The summed E-state index contributed by atoms with van der Waals surface area (Å²) in [5, 5.41) is 13.2. The summed E-state index contributed by atoms with van der Waals surface area (Å²) in [6.07, 6.45) is 0.315. The van der Waals surface area contributed by atoms with Crippen molar-refractivity contribution in [1.29, 1.82) is 5.26 Å². The number of thiophene rings is 1. The molecule has 3 aromatic rings. The molecule has 0 radical (unpaired) electrons. The van der Waals surface area contributed by atoms with Gasteiger partial charge in [-0.3, -0.25) is 4.79 Å². The second-order valence-corrected chi connectivity index (χ2v) is 7.10. The largest absolute Gasteiger partial charge is 0.451 e. The Morgan fingerprint density at radius 2 is 1.79 bits per heavy atom. The first-order chi connectivity index (χ1) is 13.6. The van der Waals surface area contributed by atoms with Crippen molar-refractivity contribution < 1.29 is 14.3 Å². The van der Waals surface area contributed by atoms with Crippen molar-refractivity contribution in [2.45, 2.75) is 13.3 Å². The fraction of sp³-hybridized carbons (Fsp3) is 0.136. The molecule has 0 atom stereocenters. The minimum atomic E-state index is -0.523. The van der Waals surface area contributed by atoms with Crippen LogP contribution < -0.4 is 5.32 Å². The van der Waals surface area contributed by atoms with E-state index in [4.69, 9.17) is 10.00 Å². The van der Waals surface area contributed by atoms with Crippen LogP contribution in [0.1, 0.15) is 20.8 Å². The number of anilines is 1. The van der Waals surface area contributed by atoms with Gasteiger partial charge in [0.25, 0.3) is 5.91 Å². The molecule has 1 heterocycles. The molecule has 0 aliphatic rings. The number of nitrogens with one attached hydrogen (secondary N) is 1. The lowest BCUT2D eigenvalue weighted by Crippen LogP contribution is -2.20. The molecule has 3 rings (SSSR count). The molecule has 0 aliphatic carbocycles. The average molecular weight is 390 g/mol. The van der Waals surface area contributed by atoms with Gasteiger partial charge in [0.05, 0.1) is 12.5 Å². The van der Waals surface area contributed by atoms with Gasteiger partial charge in [-0.1, -0.05) is 42.0 Å². The first kappa shape index (κ1) is 19.3. The molecule has 1 aromatic heterocycles. The van der Waals surface area contributed by atoms with E-state index in [-0.39, 0.29) is 6.61 Å². The number of nitrogens with zero attached hydrogens (tertiary/aromatic N) is 1. The number of carbonyl (C=O) groups is 2. The number of aryl methyl sites for hydroxylation is 1. The summed E-state index contributed by atoms with van der Waals surface area (Å²) in [6, 6.07) is 18.8. The van der Waals surface area contributed by atoms with Crippen LogP contribution in [-0.2, 0) is 16.0 Å². The van der Waals surface area contributed by atoms with Crippen LogP contribution in [0, 0.1) is 18.3 Å². The van der Waals surface area contributed by atoms with E-state index in [0.29, 0.717) is 17.0 Å². The first-order valence-electron chi connectivity index (χ1n) is 8.64. The van der Waals surface area contributed by atoms with E-state index in [1.54, 1.807) is 24.3 Å². The number of hydrogen-bond acceptors (Lipinski definition) is 5. The highest BCUT2D eigenvalue weighted by atomic mass is 32.1. The predicted molar refractivity (Wildman–Crippen MR) is 109 cm³/mol. The molecule has 0 saturated carbocycles. The van der Waals surface area contributed by atoms with Crippen molar-refractivity contribution in [3.05, 3.63) is 76.0 Å². The zero-order valence-corrected chi connectivity index (χ0v) is 16.1. The second-order valence-electron chi connectivity index (χ2n) is 6.19. The maximum absolute atomic E-state index is 12.4. The second kappa shape index (κ2) is 8.98. The SMILES string of the molecule is Cc1ccc(-c2ccsc2C(=O)OCC(=O)Nc2ccc(CC#N)cc2)cc1. The van der Waals surface area contributed by atoms with Crippen molar-refractivity contribution in [3.63, 3.8) is 0 Å². The number of benzene rings is 2. The molecule has 140 valence electrons. The van der Waals surface area contributed by atoms with Crippen LogP contribution in [0.15, 0.2) is 60.0 Å². The van der Waals surface area contributed by atoms with Gasteiger partial charge in [-0.2, -0.15) is 5.26 Å². The van der Waals surface area contributed by atoms with Gasteiger partial charge in [0, 0.05) is 11.3 Å². The molecular weight excluding hydrogens is 372 g/mol. The molecule has 1 N–H and O–H groups in total. The van der Waals surface area contributed by atoms with Gasteiger partial charge in [0.15, 0.2) is 6.61 Å². The van der Waals surface area contributed by atoms with E-state index in [1.807, 2.05) is 42.6 Å². The lowest BCUT2D eigenvalue weighted by atomic mass is 10.1. The van der Waals surface area contributed by atoms with Gasteiger partial charge in [0.2, 0.25) is 0 Å².